The molecule has 0 heterocycles. The summed E-state index contributed by atoms with van der Waals surface area (Å²) in [4.78, 5) is 25.6. The maximum Gasteiger partial charge on any atom is 0.325 e. The second-order valence-corrected chi connectivity index (χ2v) is 5.42. The Hall–Kier alpha value is -2.10. The van der Waals surface area contributed by atoms with Gasteiger partial charge in [-0.25, -0.2) is 0 Å². The first kappa shape index (κ1) is 18.0. The van der Waals surface area contributed by atoms with Gasteiger partial charge in [0.25, 0.3) is 0 Å². The van der Waals surface area contributed by atoms with Crippen LogP contribution in [-0.4, -0.2) is 36.5 Å². The summed E-state index contributed by atoms with van der Waals surface area (Å²) < 4.78 is 4.92. The molecule has 1 amide bonds. The predicted octanol–water partition coefficient (Wildman–Crippen LogP) is 2.73. The Balaban J connectivity index is 2.87. The van der Waals surface area contributed by atoms with Crippen molar-refractivity contribution in [2.45, 2.75) is 34.1 Å². The lowest BCUT2D eigenvalue weighted by Crippen LogP contribution is -2.37. The van der Waals surface area contributed by atoms with Gasteiger partial charge in [0, 0.05) is 6.54 Å². The van der Waals surface area contributed by atoms with Gasteiger partial charge < -0.3 is 9.64 Å². The fraction of sp³-hybridized carbons (Fsp3) is 0.444. The Bertz CT molecular complexity index is 540. The van der Waals surface area contributed by atoms with E-state index in [0.29, 0.717) is 13.2 Å². The monoisotopic (exact) mass is 303 g/mol. The summed E-state index contributed by atoms with van der Waals surface area (Å²) in [5, 5.41) is 0. The van der Waals surface area contributed by atoms with Gasteiger partial charge in [-0.2, -0.15) is 0 Å². The number of hydrogen-bond acceptors (Lipinski definition) is 3. The van der Waals surface area contributed by atoms with Crippen LogP contribution in [0.4, 0.5) is 0 Å². The molecule has 0 saturated carbocycles. The highest BCUT2D eigenvalue weighted by Crippen LogP contribution is 2.17. The number of carbonyl (C=O) groups is 2. The SMILES string of the molecule is C=CCN(CC(=O)OCC)C(=O)Cc1c(C)cc(C)cc1C. The molecule has 0 saturated heterocycles. The summed E-state index contributed by atoms with van der Waals surface area (Å²) in [7, 11) is 0. The lowest BCUT2D eigenvalue weighted by atomic mass is 9.97. The summed E-state index contributed by atoms with van der Waals surface area (Å²) in [6.07, 6.45) is 1.90. The molecule has 0 aliphatic heterocycles. The highest BCUT2D eigenvalue weighted by molar-refractivity contribution is 5.84. The van der Waals surface area contributed by atoms with Gasteiger partial charge in [0.15, 0.2) is 0 Å². The zero-order chi connectivity index (χ0) is 16.7. The summed E-state index contributed by atoms with van der Waals surface area (Å²) >= 11 is 0. The molecule has 1 aromatic rings. The second-order valence-electron chi connectivity index (χ2n) is 5.42. The zero-order valence-corrected chi connectivity index (χ0v) is 13.9. The summed E-state index contributed by atoms with van der Waals surface area (Å²) in [5.41, 5.74) is 4.40. The van der Waals surface area contributed by atoms with Crippen molar-refractivity contribution < 1.29 is 14.3 Å². The van der Waals surface area contributed by atoms with Gasteiger partial charge in [0.1, 0.15) is 6.54 Å². The molecule has 0 unspecified atom stereocenters. The minimum Gasteiger partial charge on any atom is -0.465 e. The van der Waals surface area contributed by atoms with Crippen molar-refractivity contribution in [1.29, 1.82) is 0 Å². The van der Waals surface area contributed by atoms with Crippen LogP contribution in [-0.2, 0) is 20.7 Å². The minimum atomic E-state index is -0.393. The molecule has 0 aliphatic rings. The molecule has 120 valence electrons. The van der Waals surface area contributed by atoms with Gasteiger partial charge in [0.05, 0.1) is 13.0 Å². The van der Waals surface area contributed by atoms with E-state index in [0.717, 1.165) is 16.7 Å². The first-order valence-corrected chi connectivity index (χ1v) is 7.50. The Morgan fingerprint density at radius 2 is 1.82 bits per heavy atom. The first-order valence-electron chi connectivity index (χ1n) is 7.50. The Labute approximate surface area is 132 Å². The third kappa shape index (κ3) is 5.02. The third-order valence-electron chi connectivity index (χ3n) is 3.50. The molecule has 0 spiro atoms. The standard InChI is InChI=1S/C18H25NO3/c1-6-8-19(12-18(21)22-7-2)17(20)11-16-14(4)9-13(3)10-15(16)5/h6,9-10H,1,7-8,11-12H2,2-5H3. The third-order valence-corrected chi connectivity index (χ3v) is 3.50. The van der Waals surface area contributed by atoms with Crippen molar-refractivity contribution >= 4 is 11.9 Å². The van der Waals surface area contributed by atoms with Crippen LogP contribution in [0.3, 0.4) is 0 Å². The Kier molecular flexibility index (Phi) is 6.83. The number of nitrogens with zero attached hydrogens (tertiary/aromatic N) is 1. The molecule has 4 heteroatoms. The van der Waals surface area contributed by atoms with Crippen LogP contribution in [0.25, 0.3) is 0 Å². The summed E-state index contributed by atoms with van der Waals surface area (Å²) in [6, 6.07) is 4.14. The quantitative estimate of drug-likeness (QED) is 0.575. The van der Waals surface area contributed by atoms with Crippen LogP contribution in [0.15, 0.2) is 24.8 Å². The molecule has 4 nitrogen and oxygen atoms in total. The van der Waals surface area contributed by atoms with Crippen molar-refractivity contribution in [2.24, 2.45) is 0 Å². The first-order chi connectivity index (χ1) is 10.4. The highest BCUT2D eigenvalue weighted by Gasteiger charge is 2.18. The van der Waals surface area contributed by atoms with E-state index in [2.05, 4.69) is 18.7 Å². The van der Waals surface area contributed by atoms with Gasteiger partial charge in [-0.3, -0.25) is 9.59 Å². The van der Waals surface area contributed by atoms with Crippen molar-refractivity contribution in [2.75, 3.05) is 19.7 Å². The number of esters is 1. The predicted molar refractivity (Wildman–Crippen MR) is 87.8 cm³/mol. The number of hydrogen-bond donors (Lipinski definition) is 0. The van der Waals surface area contributed by atoms with Crippen molar-refractivity contribution in [3.63, 3.8) is 0 Å². The summed E-state index contributed by atoms with van der Waals surface area (Å²) in [5.74, 6) is -0.488. The fourth-order valence-corrected chi connectivity index (χ4v) is 2.52. The molecule has 0 aliphatic carbocycles. The molecule has 22 heavy (non-hydrogen) atoms. The van der Waals surface area contributed by atoms with E-state index in [-0.39, 0.29) is 18.9 Å². The van der Waals surface area contributed by atoms with E-state index in [1.165, 1.54) is 10.5 Å². The lowest BCUT2D eigenvalue weighted by molar-refractivity contribution is -0.148. The molecule has 0 bridgehead atoms. The average Bonchev–Trinajstić information content (AvgIpc) is 2.42. The van der Waals surface area contributed by atoms with Gasteiger partial charge in [-0.1, -0.05) is 23.8 Å². The molecular formula is C18H25NO3. The molecule has 1 rings (SSSR count). The molecular weight excluding hydrogens is 278 g/mol. The molecule has 0 atom stereocenters. The molecule has 0 aromatic heterocycles. The Morgan fingerprint density at radius 3 is 2.32 bits per heavy atom. The van der Waals surface area contributed by atoms with E-state index in [1.807, 2.05) is 20.8 Å². The van der Waals surface area contributed by atoms with Crippen LogP contribution in [0.1, 0.15) is 29.2 Å². The molecule has 0 N–H and O–H groups in total. The van der Waals surface area contributed by atoms with Crippen molar-refractivity contribution in [1.82, 2.24) is 4.90 Å². The zero-order valence-electron chi connectivity index (χ0n) is 13.9. The number of rotatable bonds is 7. The number of amides is 1. The van der Waals surface area contributed by atoms with Gasteiger partial charge in [-0.15, -0.1) is 6.58 Å². The molecule has 0 radical (unpaired) electrons. The van der Waals surface area contributed by atoms with E-state index in [4.69, 9.17) is 4.74 Å². The second kappa shape index (κ2) is 8.37. The normalized spacial score (nSPS) is 10.2. The van der Waals surface area contributed by atoms with Crippen molar-refractivity contribution in [3.8, 4) is 0 Å². The number of benzene rings is 1. The van der Waals surface area contributed by atoms with Crippen LogP contribution in [0.2, 0.25) is 0 Å². The summed E-state index contributed by atoms with van der Waals surface area (Å²) in [6.45, 7) is 12.0. The number of ether oxygens (including phenoxy) is 1. The fourth-order valence-electron chi connectivity index (χ4n) is 2.52. The van der Waals surface area contributed by atoms with Crippen LogP contribution >= 0.6 is 0 Å². The van der Waals surface area contributed by atoms with Crippen LogP contribution < -0.4 is 0 Å². The largest absolute Gasteiger partial charge is 0.465 e. The lowest BCUT2D eigenvalue weighted by Gasteiger charge is -2.21. The maximum atomic E-state index is 12.5. The van der Waals surface area contributed by atoms with Crippen molar-refractivity contribution in [3.05, 3.63) is 47.0 Å². The van der Waals surface area contributed by atoms with Gasteiger partial charge >= 0.3 is 5.97 Å². The highest BCUT2D eigenvalue weighted by atomic mass is 16.5. The van der Waals surface area contributed by atoms with E-state index < -0.39 is 5.97 Å². The topological polar surface area (TPSA) is 46.6 Å². The van der Waals surface area contributed by atoms with E-state index in [1.54, 1.807) is 13.0 Å². The molecule has 0 fully saturated rings. The molecule has 1 aromatic carbocycles. The Morgan fingerprint density at radius 1 is 1.23 bits per heavy atom. The number of carbonyl (C=O) groups excluding carboxylic acids is 2. The maximum absolute atomic E-state index is 12.5. The van der Waals surface area contributed by atoms with E-state index in [9.17, 15) is 9.59 Å². The van der Waals surface area contributed by atoms with Crippen LogP contribution in [0.5, 0.6) is 0 Å². The van der Waals surface area contributed by atoms with E-state index >= 15 is 0 Å². The van der Waals surface area contributed by atoms with Crippen LogP contribution in [0, 0.1) is 20.8 Å². The minimum absolute atomic E-state index is 0.0390. The average molecular weight is 303 g/mol. The smallest absolute Gasteiger partial charge is 0.325 e. The number of aryl methyl sites for hydroxylation is 3. The van der Waals surface area contributed by atoms with Gasteiger partial charge in [-0.05, 0) is 44.4 Å². The van der Waals surface area contributed by atoms with Gasteiger partial charge in [0.2, 0.25) is 5.91 Å².